The van der Waals surface area contributed by atoms with Gasteiger partial charge in [-0.25, -0.2) is 10.6 Å². The molecule has 1 rings (SSSR count). The zero-order valence-electron chi connectivity index (χ0n) is 15.3. The number of hydrogen-bond donors (Lipinski definition) is 5. The Kier molecular flexibility index (Phi) is 9.08. The van der Waals surface area contributed by atoms with Crippen LogP contribution in [-0.2, 0) is 16.0 Å². The van der Waals surface area contributed by atoms with Gasteiger partial charge < -0.3 is 25.9 Å². The number of amides is 1. The van der Waals surface area contributed by atoms with Gasteiger partial charge in [0.25, 0.3) is 0 Å². The van der Waals surface area contributed by atoms with Crippen LogP contribution in [0.3, 0.4) is 0 Å². The van der Waals surface area contributed by atoms with E-state index in [9.17, 15) is 22.8 Å². The van der Waals surface area contributed by atoms with Crippen molar-refractivity contribution in [2.75, 3.05) is 14.1 Å². The van der Waals surface area contributed by atoms with Crippen LogP contribution in [-0.4, -0.2) is 47.0 Å². The van der Waals surface area contributed by atoms with Crippen molar-refractivity contribution < 1.29 is 32.6 Å². The van der Waals surface area contributed by atoms with E-state index in [0.717, 1.165) is 22.7 Å². The topological polar surface area (TPSA) is 141 Å². The number of hydrogen-bond acceptors (Lipinski definition) is 9. The molecule has 1 aromatic carbocycles. The third kappa shape index (κ3) is 9.57. The van der Waals surface area contributed by atoms with Crippen molar-refractivity contribution in [3.8, 4) is 5.75 Å². The third-order valence-corrected chi connectivity index (χ3v) is 3.59. The molecular weight excluding hydrogens is 417 g/mol. The van der Waals surface area contributed by atoms with Gasteiger partial charge in [-0.2, -0.15) is 5.10 Å². The molecule has 1 aromatic rings. The number of nitrogens with two attached hydrogens (primary N) is 1. The SMILES string of the molecule is CN/N=C(/NC(=O)Cc1cccc(OC(F)(F)F)c1)SN(N)/C=C(\NC)C(=O)O. The minimum absolute atomic E-state index is 0.0280. The minimum atomic E-state index is -4.84. The van der Waals surface area contributed by atoms with Gasteiger partial charge in [-0.3, -0.25) is 9.21 Å². The highest BCUT2D eigenvalue weighted by atomic mass is 32.2. The second kappa shape index (κ2) is 11.0. The lowest BCUT2D eigenvalue weighted by Gasteiger charge is -2.15. The number of carbonyl (C=O) groups is 2. The van der Waals surface area contributed by atoms with E-state index < -0.39 is 24.0 Å². The number of carboxylic acid groups (broad SMARTS) is 1. The van der Waals surface area contributed by atoms with Gasteiger partial charge in [0.1, 0.15) is 11.4 Å². The molecule has 0 heterocycles. The standard InChI is InChI=1S/C15H19F3N6O4S/c1-20-11(13(26)27)8-24(19)29-14(23-21-2)22-12(25)7-9-4-3-5-10(6-9)28-15(16,17)18/h3-6,8,20-21H,7,19H2,1-2H3,(H,26,27)(H,22,23,25)/b11-8-. The molecule has 29 heavy (non-hydrogen) atoms. The maximum Gasteiger partial charge on any atom is 0.573 e. The van der Waals surface area contributed by atoms with Crippen LogP contribution in [0.2, 0.25) is 0 Å². The predicted octanol–water partition coefficient (Wildman–Crippen LogP) is 0.704. The second-order valence-corrected chi connectivity index (χ2v) is 6.10. The van der Waals surface area contributed by atoms with Crippen LogP contribution in [0.25, 0.3) is 0 Å². The number of benzene rings is 1. The Morgan fingerprint density at radius 2 is 2.07 bits per heavy atom. The number of amidine groups is 1. The van der Waals surface area contributed by atoms with E-state index in [1.165, 1.54) is 26.2 Å². The number of ether oxygens (including phenoxy) is 1. The summed E-state index contributed by atoms with van der Waals surface area (Å²) in [7, 11) is 2.84. The molecule has 6 N–H and O–H groups in total. The number of halogens is 3. The van der Waals surface area contributed by atoms with Crippen molar-refractivity contribution in [2.24, 2.45) is 10.9 Å². The zero-order valence-corrected chi connectivity index (χ0v) is 16.1. The van der Waals surface area contributed by atoms with Crippen molar-refractivity contribution in [2.45, 2.75) is 12.8 Å². The van der Waals surface area contributed by atoms with E-state index in [0.29, 0.717) is 11.9 Å². The van der Waals surface area contributed by atoms with Gasteiger partial charge in [0, 0.05) is 26.0 Å². The molecule has 14 heteroatoms. The van der Waals surface area contributed by atoms with E-state index in [1.807, 2.05) is 0 Å². The number of carboxylic acids is 1. The molecule has 1 amide bonds. The molecule has 0 aromatic heterocycles. The molecule has 0 spiro atoms. The smallest absolute Gasteiger partial charge is 0.477 e. The lowest BCUT2D eigenvalue weighted by Crippen LogP contribution is -2.35. The van der Waals surface area contributed by atoms with Gasteiger partial charge >= 0.3 is 12.3 Å². The quantitative estimate of drug-likeness (QED) is 0.0994. The maximum absolute atomic E-state index is 12.3. The first-order valence-corrected chi connectivity index (χ1v) is 8.55. The summed E-state index contributed by atoms with van der Waals surface area (Å²) in [5, 5.41) is 17.6. The summed E-state index contributed by atoms with van der Waals surface area (Å²) < 4.78 is 41.6. The number of hydrazine groups is 1. The molecule has 0 atom stereocenters. The summed E-state index contributed by atoms with van der Waals surface area (Å²) in [6, 6.07) is 4.96. The number of alkyl halides is 3. The summed E-state index contributed by atoms with van der Waals surface area (Å²) in [6.07, 6.45) is -4.05. The summed E-state index contributed by atoms with van der Waals surface area (Å²) >= 11 is 0.694. The van der Waals surface area contributed by atoms with E-state index in [1.54, 1.807) is 0 Å². The van der Waals surface area contributed by atoms with Crippen LogP contribution in [0.4, 0.5) is 13.2 Å². The molecule has 0 aliphatic rings. The minimum Gasteiger partial charge on any atom is -0.477 e. The van der Waals surface area contributed by atoms with Crippen LogP contribution in [0, 0.1) is 0 Å². The number of rotatable bonds is 8. The fraction of sp³-hybridized carbons (Fsp3) is 0.267. The predicted molar refractivity (Wildman–Crippen MR) is 99.9 cm³/mol. The third-order valence-electron chi connectivity index (χ3n) is 2.90. The molecule has 10 nitrogen and oxygen atoms in total. The van der Waals surface area contributed by atoms with Gasteiger partial charge in [-0.1, -0.05) is 12.1 Å². The first-order valence-electron chi connectivity index (χ1n) is 7.77. The highest BCUT2D eigenvalue weighted by Crippen LogP contribution is 2.23. The Morgan fingerprint density at radius 3 is 2.62 bits per heavy atom. The number of hydrazone groups is 1. The average molecular weight is 436 g/mol. The van der Waals surface area contributed by atoms with Crippen molar-refractivity contribution in [1.82, 2.24) is 20.5 Å². The second-order valence-electron chi connectivity index (χ2n) is 5.11. The van der Waals surface area contributed by atoms with Crippen LogP contribution in [0.15, 0.2) is 41.3 Å². The lowest BCUT2D eigenvalue weighted by atomic mass is 10.1. The molecule has 0 aliphatic carbocycles. The van der Waals surface area contributed by atoms with E-state index in [4.69, 9.17) is 10.9 Å². The molecule has 0 unspecified atom stereocenters. The molecule has 0 radical (unpaired) electrons. The average Bonchev–Trinajstić information content (AvgIpc) is 2.58. The number of nitrogens with one attached hydrogen (secondary N) is 3. The Labute approximate surface area is 168 Å². The van der Waals surface area contributed by atoms with Gasteiger partial charge in [0.15, 0.2) is 0 Å². The number of aliphatic carboxylic acids is 1. The van der Waals surface area contributed by atoms with Gasteiger partial charge in [-0.15, -0.1) is 13.2 Å². The highest BCUT2D eigenvalue weighted by Gasteiger charge is 2.31. The number of carbonyl (C=O) groups excluding carboxylic acids is 1. The Hall–Kier alpha value is -3.13. The number of nitrogens with zero attached hydrogens (tertiary/aromatic N) is 2. The van der Waals surface area contributed by atoms with Gasteiger partial charge in [-0.05, 0) is 17.7 Å². The zero-order chi connectivity index (χ0) is 22.0. The van der Waals surface area contributed by atoms with Crippen molar-refractivity contribution >= 4 is 29.0 Å². The van der Waals surface area contributed by atoms with Gasteiger partial charge in [0.2, 0.25) is 11.1 Å². The first-order chi connectivity index (χ1) is 13.5. The summed E-state index contributed by atoms with van der Waals surface area (Å²) in [6.45, 7) is 0. The largest absolute Gasteiger partial charge is 0.573 e. The Bertz CT molecular complexity index is 788. The van der Waals surface area contributed by atoms with Crippen molar-refractivity contribution in [1.29, 1.82) is 0 Å². The van der Waals surface area contributed by atoms with Crippen molar-refractivity contribution in [3.63, 3.8) is 0 Å². The molecule has 0 aliphatic heterocycles. The van der Waals surface area contributed by atoms with Crippen molar-refractivity contribution in [3.05, 3.63) is 41.7 Å². The normalized spacial score (nSPS) is 12.2. The van der Waals surface area contributed by atoms with E-state index in [-0.39, 0.29) is 22.8 Å². The number of likely N-dealkylation sites (N-methyl/N-ethyl adjacent to an activating group) is 1. The molecule has 0 fully saturated rings. The van der Waals surface area contributed by atoms with Crippen LogP contribution in [0.5, 0.6) is 5.75 Å². The molecule has 160 valence electrons. The van der Waals surface area contributed by atoms with E-state index in [2.05, 4.69) is 25.9 Å². The van der Waals surface area contributed by atoms with Gasteiger partial charge in [0.05, 0.1) is 12.6 Å². The monoisotopic (exact) mass is 436 g/mol. The lowest BCUT2D eigenvalue weighted by molar-refractivity contribution is -0.274. The van der Waals surface area contributed by atoms with Crippen LogP contribution < -0.4 is 26.6 Å². The van der Waals surface area contributed by atoms with Crippen LogP contribution in [0.1, 0.15) is 5.56 Å². The Morgan fingerprint density at radius 1 is 1.38 bits per heavy atom. The molecular formula is C15H19F3N6O4S. The van der Waals surface area contributed by atoms with Crippen LogP contribution >= 0.6 is 11.9 Å². The fourth-order valence-electron chi connectivity index (χ4n) is 1.85. The first kappa shape index (κ1) is 23.9. The molecule has 0 saturated heterocycles. The summed E-state index contributed by atoms with van der Waals surface area (Å²) in [5.74, 6) is 3.36. The fourth-order valence-corrected chi connectivity index (χ4v) is 2.50. The highest BCUT2D eigenvalue weighted by molar-refractivity contribution is 8.11. The Balaban J connectivity index is 2.78. The summed E-state index contributed by atoms with van der Waals surface area (Å²) in [5.41, 5.74) is 2.50. The molecule has 0 bridgehead atoms. The summed E-state index contributed by atoms with van der Waals surface area (Å²) in [4.78, 5) is 23.1. The maximum atomic E-state index is 12.3. The van der Waals surface area contributed by atoms with E-state index >= 15 is 0 Å². The molecule has 0 saturated carbocycles.